The zero-order valence-electron chi connectivity index (χ0n) is 8.83. The van der Waals surface area contributed by atoms with Crippen molar-refractivity contribution in [1.29, 1.82) is 0 Å². The highest BCUT2D eigenvalue weighted by Crippen LogP contribution is 2.05. The second-order valence-electron chi connectivity index (χ2n) is 1.93. The Hall–Kier alpha value is -0.970. The van der Waals surface area contributed by atoms with Gasteiger partial charge in [0.15, 0.2) is 6.90 Å². The summed E-state index contributed by atoms with van der Waals surface area (Å²) in [6.07, 6.45) is 3.22. The van der Waals surface area contributed by atoms with Gasteiger partial charge in [-0.1, -0.05) is 0 Å². The molecule has 0 unspecified atom stereocenters. The van der Waals surface area contributed by atoms with E-state index in [-0.39, 0.29) is 0 Å². The van der Waals surface area contributed by atoms with Gasteiger partial charge in [-0.25, -0.2) is 9.98 Å². The Morgan fingerprint density at radius 2 is 2.82 bits per heavy atom. The third-order valence-corrected chi connectivity index (χ3v) is 2.02. The lowest BCUT2D eigenvalue weighted by molar-refractivity contribution is 0.841. The molecule has 1 aliphatic rings. The number of hydrogen-bond donors (Lipinski definition) is 2. The number of aromatic nitrogens is 2. The van der Waals surface area contributed by atoms with Gasteiger partial charge in [0, 0.05) is 0 Å². The number of fused-ring (bicyclic) bond motifs is 1. The Bertz CT molecular complexity index is 468. The number of H-pyrrole nitrogens is 1. The first-order valence-electron chi connectivity index (χ1n) is 4.47. The number of nitrogens with one attached hydrogen (secondary N) is 2. The number of thioether (sulfide) groups is 1. The molecule has 2 rings (SSSR count). The highest BCUT2D eigenvalue weighted by Gasteiger charge is 2.03. The van der Waals surface area contributed by atoms with Gasteiger partial charge in [0.1, 0.15) is 12.0 Å². The van der Waals surface area contributed by atoms with E-state index in [2.05, 4.69) is 15.0 Å². The van der Waals surface area contributed by atoms with Crippen LogP contribution in [0.15, 0.2) is 11.3 Å². The fraction of sp³-hybridized carbons (Fsp3) is 0.333. The van der Waals surface area contributed by atoms with Crippen LogP contribution in [-0.2, 0) is 0 Å². The van der Waals surface area contributed by atoms with Crippen LogP contribution in [0.25, 0.3) is 5.03 Å². The molecule has 0 atom stereocenters. The number of hydrogen-bond acceptors (Lipinski definition) is 4. The van der Waals surface area contributed by atoms with Crippen LogP contribution < -0.4 is 16.1 Å². The summed E-state index contributed by atoms with van der Waals surface area (Å²) >= 11 is 1.29. The Kier molecular flexibility index (Phi) is 0.974. The maximum absolute atomic E-state index is 7.56. The van der Waals surface area contributed by atoms with Crippen LogP contribution >= 0.6 is 11.8 Å². The minimum absolute atomic E-state index is 0.322. The van der Waals surface area contributed by atoms with Crippen LogP contribution in [0.2, 0.25) is 1.41 Å². The molecule has 0 bridgehead atoms. The molecule has 1 aromatic heterocycles. The number of rotatable bonds is 1. The van der Waals surface area contributed by atoms with Gasteiger partial charge < -0.3 is 10.3 Å². The maximum Gasteiger partial charge on any atom is 0.177 e. The second-order valence-corrected chi connectivity index (χ2v) is 2.73. The molecule has 2 heterocycles. The number of aromatic amines is 1. The van der Waals surface area contributed by atoms with E-state index >= 15 is 0 Å². The summed E-state index contributed by atoms with van der Waals surface area (Å²) < 4.78 is 22.5. The SMILES string of the molecule is [2H]N1C(SC)=c2[nH]cnc2=NC1([2H])[2H]. The second kappa shape index (κ2) is 2.58. The Balaban J connectivity index is 2.78. The summed E-state index contributed by atoms with van der Waals surface area (Å²) in [6, 6.07) is 0. The average molecular weight is 171 g/mol. The van der Waals surface area contributed by atoms with Gasteiger partial charge in [-0.2, -0.15) is 0 Å². The van der Waals surface area contributed by atoms with Gasteiger partial charge in [-0.3, -0.25) is 0 Å². The zero-order chi connectivity index (χ0) is 10.3. The van der Waals surface area contributed by atoms with E-state index in [1.165, 1.54) is 18.1 Å². The maximum atomic E-state index is 7.56. The molecule has 0 aromatic carbocycles. The first-order chi connectivity index (χ1) is 6.56. The van der Waals surface area contributed by atoms with Crippen LogP contribution in [-0.4, -0.2) is 22.8 Å². The largest absolute Gasteiger partial charge is 0.359 e. The molecule has 0 saturated heterocycles. The van der Waals surface area contributed by atoms with Crippen molar-refractivity contribution < 1.29 is 4.15 Å². The van der Waals surface area contributed by atoms with E-state index in [1.807, 2.05) is 0 Å². The molecule has 0 spiro atoms. The summed E-state index contributed by atoms with van der Waals surface area (Å²) in [4.78, 5) is 10.4. The molecule has 0 saturated carbocycles. The molecular formula is C6H8N4S. The molecule has 0 amide bonds. The normalized spacial score (nSPS) is 24.6. The molecular weight excluding hydrogens is 160 g/mol. The van der Waals surface area contributed by atoms with Gasteiger partial charge in [0.05, 0.1) is 14.1 Å². The Labute approximate surface area is 72.1 Å². The lowest BCUT2D eigenvalue weighted by atomic mass is 10.6. The van der Waals surface area contributed by atoms with Crippen molar-refractivity contribution in [2.24, 2.45) is 4.99 Å². The van der Waals surface area contributed by atoms with E-state index in [9.17, 15) is 0 Å². The van der Waals surface area contributed by atoms with Crippen molar-refractivity contribution in [3.63, 3.8) is 0 Å². The minimum Gasteiger partial charge on any atom is -0.359 e. The predicted octanol–water partition coefficient (Wildman–Crippen LogP) is -0.981. The summed E-state index contributed by atoms with van der Waals surface area (Å²) in [7, 11) is 0. The van der Waals surface area contributed by atoms with Gasteiger partial charge in [0.2, 0.25) is 0 Å². The molecule has 0 fully saturated rings. The van der Waals surface area contributed by atoms with Crippen molar-refractivity contribution in [1.82, 2.24) is 15.3 Å². The third-order valence-electron chi connectivity index (χ3n) is 1.33. The Morgan fingerprint density at radius 3 is 3.64 bits per heavy atom. The highest BCUT2D eigenvalue weighted by molar-refractivity contribution is 8.07. The molecule has 5 heteroatoms. The van der Waals surface area contributed by atoms with E-state index in [0.29, 0.717) is 15.9 Å². The lowest BCUT2D eigenvalue weighted by Crippen LogP contribution is -2.37. The van der Waals surface area contributed by atoms with Gasteiger partial charge in [-0.15, -0.1) is 11.8 Å². The average Bonchev–Trinajstić information content (AvgIpc) is 2.53. The molecule has 0 radical (unpaired) electrons. The van der Waals surface area contributed by atoms with Crippen LogP contribution in [0.5, 0.6) is 0 Å². The summed E-state index contributed by atoms with van der Waals surface area (Å²) in [5, 5.41) is 1.83. The molecule has 4 nitrogen and oxygen atoms in total. The minimum atomic E-state index is -2.04. The Morgan fingerprint density at radius 1 is 1.91 bits per heavy atom. The fourth-order valence-corrected chi connectivity index (χ4v) is 1.34. The third kappa shape index (κ3) is 1.01. The van der Waals surface area contributed by atoms with Gasteiger partial charge in [0.25, 0.3) is 0 Å². The van der Waals surface area contributed by atoms with Crippen LogP contribution in [0, 0.1) is 0 Å². The highest BCUT2D eigenvalue weighted by atomic mass is 32.2. The molecule has 2 N–H and O–H groups in total. The van der Waals surface area contributed by atoms with E-state index in [4.69, 9.17) is 4.15 Å². The lowest BCUT2D eigenvalue weighted by Gasteiger charge is -2.06. The zero-order valence-corrected chi connectivity index (χ0v) is 6.64. The topological polar surface area (TPSA) is 53.1 Å². The smallest absolute Gasteiger partial charge is 0.177 e. The van der Waals surface area contributed by atoms with E-state index in [1.54, 1.807) is 6.26 Å². The molecule has 1 aliphatic heterocycles. The summed E-state index contributed by atoms with van der Waals surface area (Å²) in [5.74, 6) is 0. The molecule has 1 aromatic rings. The standard InChI is InChI=1S/C6H8N4S/c1-11-6-4-5(8-2-7-4)9-3-10-6/h2,10H,3H2,1H3,(H,7,8,9)/i3D2/hD. The number of imidazole rings is 1. The van der Waals surface area contributed by atoms with Crippen molar-refractivity contribution in [3.05, 3.63) is 17.2 Å². The van der Waals surface area contributed by atoms with Crippen LogP contribution in [0.3, 0.4) is 0 Å². The quantitative estimate of drug-likeness (QED) is 0.571. The van der Waals surface area contributed by atoms with Crippen molar-refractivity contribution in [2.45, 2.75) is 0 Å². The van der Waals surface area contributed by atoms with Crippen molar-refractivity contribution in [2.75, 3.05) is 12.9 Å². The van der Waals surface area contributed by atoms with E-state index < -0.39 is 6.62 Å². The summed E-state index contributed by atoms with van der Waals surface area (Å²) in [6.45, 7) is -2.04. The first-order valence-corrected chi connectivity index (χ1v) is 4.25. The fourth-order valence-electron chi connectivity index (χ4n) is 0.851. The first kappa shape index (κ1) is 4.15. The van der Waals surface area contributed by atoms with Gasteiger partial charge in [-0.05, 0) is 6.26 Å². The molecule has 11 heavy (non-hydrogen) atoms. The molecule has 58 valence electrons. The van der Waals surface area contributed by atoms with E-state index in [0.717, 1.165) is 5.31 Å². The van der Waals surface area contributed by atoms with Crippen LogP contribution in [0.4, 0.5) is 0 Å². The number of nitrogens with zero attached hydrogens (tertiary/aromatic N) is 2. The predicted molar refractivity (Wildman–Crippen MR) is 44.3 cm³/mol. The summed E-state index contributed by atoms with van der Waals surface area (Å²) in [5.41, 5.74) is 0.322. The van der Waals surface area contributed by atoms with Crippen molar-refractivity contribution >= 4 is 16.8 Å². The van der Waals surface area contributed by atoms with Gasteiger partial charge >= 0.3 is 0 Å². The van der Waals surface area contributed by atoms with Crippen molar-refractivity contribution in [3.8, 4) is 0 Å². The molecule has 0 aliphatic carbocycles. The monoisotopic (exact) mass is 171 g/mol. The van der Waals surface area contributed by atoms with Crippen LogP contribution in [0.1, 0.15) is 2.74 Å².